The number of piperazine rings is 1. The zero-order valence-electron chi connectivity index (χ0n) is 13.0. The van der Waals surface area contributed by atoms with E-state index in [9.17, 15) is 8.42 Å². The summed E-state index contributed by atoms with van der Waals surface area (Å²) in [6.07, 6.45) is 2.72. The summed E-state index contributed by atoms with van der Waals surface area (Å²) in [6, 6.07) is 5.91. The van der Waals surface area contributed by atoms with Gasteiger partial charge in [-0.2, -0.15) is 4.31 Å². The van der Waals surface area contributed by atoms with E-state index in [-0.39, 0.29) is 11.8 Å². The van der Waals surface area contributed by atoms with Crippen LogP contribution in [0, 0.1) is 0 Å². The molecule has 2 aliphatic heterocycles. The highest BCUT2D eigenvalue weighted by atomic mass is 32.2. The summed E-state index contributed by atoms with van der Waals surface area (Å²) in [7, 11) is -3.47. The normalized spacial score (nSPS) is 18.8. The Morgan fingerprint density at radius 3 is 2.67 bits per heavy atom. The first-order valence-electron chi connectivity index (χ1n) is 7.72. The molecule has 0 unspecified atom stereocenters. The zero-order valence-corrected chi connectivity index (χ0v) is 13.8. The van der Waals surface area contributed by atoms with E-state index in [0.717, 1.165) is 23.6 Å². The van der Waals surface area contributed by atoms with Crippen molar-refractivity contribution < 1.29 is 17.9 Å². The highest BCUT2D eigenvalue weighted by Crippen LogP contribution is 2.32. The number of sulfonamides is 1. The number of benzene rings is 1. The maximum Gasteiger partial charge on any atom is 0.260 e. The molecule has 3 heterocycles. The highest BCUT2D eigenvalue weighted by Gasteiger charge is 2.29. The average molecular weight is 350 g/mol. The van der Waals surface area contributed by atoms with Crippen LogP contribution >= 0.6 is 0 Å². The maximum atomic E-state index is 12.4. The molecule has 1 N–H and O–H groups in total. The molecule has 4 rings (SSSR count). The minimum Gasteiger partial charge on any atom is -0.454 e. The molecule has 2 aromatic rings. The standard InChI is InChI=1S/C15H18N4O4S/c20-24(21,15-8-16-10-17-15)19-5-3-18(4-6-19)9-12-1-2-13-14(7-12)23-11-22-13/h1-2,7-8,10H,3-6,9,11H2,(H,16,17). The van der Waals surface area contributed by atoms with E-state index in [2.05, 4.69) is 14.9 Å². The maximum absolute atomic E-state index is 12.4. The molecule has 0 bridgehead atoms. The predicted molar refractivity (Wildman–Crippen MR) is 85.2 cm³/mol. The van der Waals surface area contributed by atoms with E-state index >= 15 is 0 Å². The Hall–Kier alpha value is -2.10. The van der Waals surface area contributed by atoms with Gasteiger partial charge in [0.1, 0.15) is 0 Å². The molecule has 128 valence electrons. The number of ether oxygens (including phenoxy) is 2. The van der Waals surface area contributed by atoms with Crippen LogP contribution in [0.15, 0.2) is 35.7 Å². The monoisotopic (exact) mass is 350 g/mol. The number of fused-ring (bicyclic) bond motifs is 1. The smallest absolute Gasteiger partial charge is 0.260 e. The van der Waals surface area contributed by atoms with E-state index in [1.54, 1.807) is 0 Å². The van der Waals surface area contributed by atoms with Gasteiger partial charge in [-0.05, 0) is 17.7 Å². The number of nitrogens with one attached hydrogen (secondary N) is 1. The van der Waals surface area contributed by atoms with Gasteiger partial charge in [-0.1, -0.05) is 6.07 Å². The van der Waals surface area contributed by atoms with Crippen molar-refractivity contribution in [2.24, 2.45) is 0 Å². The van der Waals surface area contributed by atoms with Crippen LogP contribution in [0.1, 0.15) is 5.56 Å². The Morgan fingerprint density at radius 1 is 1.12 bits per heavy atom. The fourth-order valence-corrected chi connectivity index (χ4v) is 4.27. The van der Waals surface area contributed by atoms with Gasteiger partial charge in [0, 0.05) is 32.7 Å². The lowest BCUT2D eigenvalue weighted by atomic mass is 10.2. The van der Waals surface area contributed by atoms with E-state index in [0.29, 0.717) is 26.2 Å². The summed E-state index contributed by atoms with van der Waals surface area (Å²) in [5.41, 5.74) is 1.13. The third kappa shape index (κ3) is 2.85. The van der Waals surface area contributed by atoms with Gasteiger partial charge in [0.25, 0.3) is 10.0 Å². The van der Waals surface area contributed by atoms with Crippen molar-refractivity contribution in [2.75, 3.05) is 33.0 Å². The van der Waals surface area contributed by atoms with Gasteiger partial charge in [0.2, 0.25) is 6.79 Å². The number of aromatic nitrogens is 2. The van der Waals surface area contributed by atoms with Crippen LogP contribution in [0.3, 0.4) is 0 Å². The summed E-state index contributed by atoms with van der Waals surface area (Å²) < 4.78 is 37.1. The van der Waals surface area contributed by atoms with Gasteiger partial charge in [-0.15, -0.1) is 0 Å². The van der Waals surface area contributed by atoms with Crippen molar-refractivity contribution in [3.63, 3.8) is 0 Å². The third-order valence-electron chi connectivity index (χ3n) is 4.27. The SMILES string of the molecule is O=S(=O)(c1cnc[nH]1)N1CCN(Cc2ccc3c(c2)OCO3)CC1. The molecule has 0 aliphatic carbocycles. The lowest BCUT2D eigenvalue weighted by Gasteiger charge is -2.33. The number of hydrogen-bond acceptors (Lipinski definition) is 6. The minimum atomic E-state index is -3.47. The second kappa shape index (κ2) is 6.08. The number of nitrogens with zero attached hydrogens (tertiary/aromatic N) is 3. The van der Waals surface area contributed by atoms with E-state index < -0.39 is 10.0 Å². The Kier molecular flexibility index (Phi) is 3.91. The van der Waals surface area contributed by atoms with Crippen LogP contribution in [0.25, 0.3) is 0 Å². The molecule has 0 radical (unpaired) electrons. The van der Waals surface area contributed by atoms with Gasteiger partial charge in [-0.25, -0.2) is 13.4 Å². The number of H-pyrrole nitrogens is 1. The van der Waals surface area contributed by atoms with Crippen molar-refractivity contribution in [1.82, 2.24) is 19.2 Å². The minimum absolute atomic E-state index is 0.145. The molecule has 8 nitrogen and oxygen atoms in total. The Bertz CT molecular complexity index is 814. The Labute approximate surface area is 140 Å². The first-order chi connectivity index (χ1) is 11.6. The fraction of sp³-hybridized carbons (Fsp3) is 0.400. The van der Waals surface area contributed by atoms with Crippen molar-refractivity contribution in [3.8, 4) is 11.5 Å². The molecule has 24 heavy (non-hydrogen) atoms. The second-order valence-corrected chi connectivity index (χ2v) is 7.69. The molecule has 2 aliphatic rings. The lowest BCUT2D eigenvalue weighted by molar-refractivity contribution is 0.173. The number of hydrogen-bond donors (Lipinski definition) is 1. The van der Waals surface area contributed by atoms with E-state index in [1.165, 1.54) is 16.8 Å². The van der Waals surface area contributed by atoms with Crippen molar-refractivity contribution >= 4 is 10.0 Å². The number of rotatable bonds is 4. The quantitative estimate of drug-likeness (QED) is 0.871. The Morgan fingerprint density at radius 2 is 1.92 bits per heavy atom. The van der Waals surface area contributed by atoms with Crippen molar-refractivity contribution in [2.45, 2.75) is 11.6 Å². The predicted octanol–water partition coefficient (Wildman–Crippen LogP) is 0.645. The first-order valence-corrected chi connectivity index (χ1v) is 9.16. The van der Waals surface area contributed by atoms with Crippen LogP contribution in [0.5, 0.6) is 11.5 Å². The van der Waals surface area contributed by atoms with Crippen LogP contribution in [0.2, 0.25) is 0 Å². The summed E-state index contributed by atoms with van der Waals surface area (Å²) in [5.74, 6) is 1.54. The van der Waals surface area contributed by atoms with Gasteiger partial charge in [-0.3, -0.25) is 4.90 Å². The topological polar surface area (TPSA) is 87.8 Å². The highest BCUT2D eigenvalue weighted by molar-refractivity contribution is 7.89. The van der Waals surface area contributed by atoms with Crippen LogP contribution in [0.4, 0.5) is 0 Å². The molecule has 1 aromatic carbocycles. The molecule has 1 saturated heterocycles. The molecular formula is C15H18N4O4S. The van der Waals surface area contributed by atoms with Crippen LogP contribution < -0.4 is 9.47 Å². The first kappa shape index (κ1) is 15.4. The van der Waals surface area contributed by atoms with Crippen molar-refractivity contribution in [1.29, 1.82) is 0 Å². The second-order valence-electron chi connectivity index (χ2n) is 5.78. The van der Waals surface area contributed by atoms with E-state index in [4.69, 9.17) is 9.47 Å². The van der Waals surface area contributed by atoms with Crippen molar-refractivity contribution in [3.05, 3.63) is 36.3 Å². The Balaban J connectivity index is 1.38. The summed E-state index contributed by atoms with van der Waals surface area (Å²) in [4.78, 5) is 8.69. The molecule has 1 aromatic heterocycles. The average Bonchev–Trinajstić information content (AvgIpc) is 3.27. The largest absolute Gasteiger partial charge is 0.454 e. The molecule has 0 amide bonds. The van der Waals surface area contributed by atoms with Crippen LogP contribution in [-0.2, 0) is 16.6 Å². The van der Waals surface area contributed by atoms with Gasteiger partial charge in [0.15, 0.2) is 16.5 Å². The molecular weight excluding hydrogens is 332 g/mol. The number of aromatic amines is 1. The number of imidazole rings is 1. The molecule has 0 atom stereocenters. The van der Waals surface area contributed by atoms with Gasteiger partial charge >= 0.3 is 0 Å². The lowest BCUT2D eigenvalue weighted by Crippen LogP contribution is -2.48. The molecule has 9 heteroatoms. The summed E-state index contributed by atoms with van der Waals surface area (Å²) >= 11 is 0. The van der Waals surface area contributed by atoms with Crippen LogP contribution in [-0.4, -0.2) is 60.6 Å². The van der Waals surface area contributed by atoms with Gasteiger partial charge < -0.3 is 14.5 Å². The summed E-state index contributed by atoms with van der Waals surface area (Å²) in [6.45, 7) is 3.32. The fourth-order valence-electron chi connectivity index (χ4n) is 2.95. The third-order valence-corrected chi connectivity index (χ3v) is 6.09. The van der Waals surface area contributed by atoms with Gasteiger partial charge in [0.05, 0.1) is 12.5 Å². The molecule has 0 saturated carbocycles. The molecule has 0 spiro atoms. The zero-order chi connectivity index (χ0) is 16.6. The van der Waals surface area contributed by atoms with E-state index in [1.807, 2.05) is 18.2 Å². The summed E-state index contributed by atoms with van der Waals surface area (Å²) in [5, 5.41) is 0.145. The molecule has 1 fully saturated rings.